The van der Waals surface area contributed by atoms with E-state index in [2.05, 4.69) is 17.2 Å². The number of hydrogen-bond acceptors (Lipinski definition) is 2. The maximum absolute atomic E-state index is 12.3. The number of carbonyl (C=O) groups excluding carboxylic acids is 1. The first kappa shape index (κ1) is 15.6. The summed E-state index contributed by atoms with van der Waals surface area (Å²) in [6, 6.07) is 5.87. The van der Waals surface area contributed by atoms with Crippen molar-refractivity contribution in [3.8, 4) is 11.8 Å². The zero-order valence-electron chi connectivity index (χ0n) is 12.6. The third-order valence-electron chi connectivity index (χ3n) is 3.87. The predicted octanol–water partition coefficient (Wildman–Crippen LogP) is 3.25. The van der Waals surface area contributed by atoms with E-state index in [1.54, 1.807) is 0 Å². The average Bonchev–Trinajstić information content (AvgIpc) is 2.51. The molecule has 3 heteroatoms. The van der Waals surface area contributed by atoms with Crippen molar-refractivity contribution in [2.45, 2.75) is 45.4 Å². The van der Waals surface area contributed by atoms with Crippen LogP contribution in [0.4, 0.5) is 5.69 Å². The van der Waals surface area contributed by atoms with Gasteiger partial charge in [0, 0.05) is 17.9 Å². The Balaban J connectivity index is 2.11. The van der Waals surface area contributed by atoms with Gasteiger partial charge >= 0.3 is 0 Å². The van der Waals surface area contributed by atoms with Crippen molar-refractivity contribution >= 4 is 11.6 Å². The standard InChI is InChI=1S/C18H23NO2/c1-14-10-11-17(16(13-14)9-5-6-12-20)19-18(21)15-7-3-2-4-8-15/h10-11,13,15,20H,2-4,6-8,12H2,1H3,(H,19,21). The molecule has 0 unspecified atom stereocenters. The van der Waals surface area contributed by atoms with E-state index in [1.165, 1.54) is 6.42 Å². The van der Waals surface area contributed by atoms with Crippen LogP contribution in [0.1, 0.15) is 49.7 Å². The number of aliphatic hydroxyl groups excluding tert-OH is 1. The maximum Gasteiger partial charge on any atom is 0.227 e. The van der Waals surface area contributed by atoms with Crippen molar-refractivity contribution in [3.63, 3.8) is 0 Å². The third-order valence-corrected chi connectivity index (χ3v) is 3.87. The normalized spacial score (nSPS) is 15.1. The highest BCUT2D eigenvalue weighted by Crippen LogP contribution is 2.26. The molecular formula is C18H23NO2. The summed E-state index contributed by atoms with van der Waals surface area (Å²) in [6.45, 7) is 2.06. The lowest BCUT2D eigenvalue weighted by atomic mass is 9.88. The molecule has 0 spiro atoms. The van der Waals surface area contributed by atoms with Crippen molar-refractivity contribution in [3.05, 3.63) is 29.3 Å². The molecule has 0 aromatic heterocycles. The lowest BCUT2D eigenvalue weighted by Gasteiger charge is -2.21. The number of anilines is 1. The van der Waals surface area contributed by atoms with E-state index in [9.17, 15) is 4.79 Å². The molecule has 1 aliphatic carbocycles. The van der Waals surface area contributed by atoms with Gasteiger partial charge in [-0.05, 0) is 37.5 Å². The van der Waals surface area contributed by atoms with Crippen LogP contribution in [0.3, 0.4) is 0 Å². The minimum absolute atomic E-state index is 0.0581. The summed E-state index contributed by atoms with van der Waals surface area (Å²) in [7, 11) is 0. The van der Waals surface area contributed by atoms with E-state index in [0.717, 1.165) is 42.5 Å². The van der Waals surface area contributed by atoms with Gasteiger partial charge in [-0.3, -0.25) is 4.79 Å². The lowest BCUT2D eigenvalue weighted by Crippen LogP contribution is -2.25. The fourth-order valence-electron chi connectivity index (χ4n) is 2.68. The Bertz CT molecular complexity index is 548. The number of hydrogen-bond donors (Lipinski definition) is 2. The minimum atomic E-state index is 0.0581. The number of nitrogens with one attached hydrogen (secondary N) is 1. The van der Waals surface area contributed by atoms with E-state index >= 15 is 0 Å². The van der Waals surface area contributed by atoms with Crippen LogP contribution in [0, 0.1) is 24.7 Å². The van der Waals surface area contributed by atoms with Gasteiger partial charge in [-0.2, -0.15) is 0 Å². The molecule has 2 N–H and O–H groups in total. The topological polar surface area (TPSA) is 49.3 Å². The van der Waals surface area contributed by atoms with Gasteiger partial charge in [-0.25, -0.2) is 0 Å². The van der Waals surface area contributed by atoms with Crippen LogP contribution in [0.15, 0.2) is 18.2 Å². The van der Waals surface area contributed by atoms with Gasteiger partial charge in [0.15, 0.2) is 0 Å². The lowest BCUT2D eigenvalue weighted by molar-refractivity contribution is -0.120. The van der Waals surface area contributed by atoms with Crippen LogP contribution in [0.25, 0.3) is 0 Å². The Kier molecular flexibility index (Phi) is 5.83. The molecule has 0 saturated heterocycles. The Morgan fingerprint density at radius 3 is 2.81 bits per heavy atom. The molecule has 1 fully saturated rings. The van der Waals surface area contributed by atoms with Crippen molar-refractivity contribution in [1.82, 2.24) is 0 Å². The van der Waals surface area contributed by atoms with Crippen LogP contribution in [0.5, 0.6) is 0 Å². The Morgan fingerprint density at radius 2 is 2.10 bits per heavy atom. The first-order valence-electron chi connectivity index (χ1n) is 7.72. The largest absolute Gasteiger partial charge is 0.395 e. The first-order valence-corrected chi connectivity index (χ1v) is 7.72. The van der Waals surface area contributed by atoms with E-state index in [0.29, 0.717) is 6.42 Å². The molecule has 1 aromatic carbocycles. The van der Waals surface area contributed by atoms with Crippen LogP contribution in [-0.4, -0.2) is 17.6 Å². The molecular weight excluding hydrogens is 262 g/mol. The second-order valence-electron chi connectivity index (χ2n) is 5.65. The number of amides is 1. The second-order valence-corrected chi connectivity index (χ2v) is 5.65. The highest BCUT2D eigenvalue weighted by atomic mass is 16.2. The summed E-state index contributed by atoms with van der Waals surface area (Å²) in [5, 5.41) is 11.8. The molecule has 1 aliphatic rings. The van der Waals surface area contributed by atoms with E-state index < -0.39 is 0 Å². The number of benzene rings is 1. The molecule has 0 bridgehead atoms. The molecule has 0 atom stereocenters. The van der Waals surface area contributed by atoms with Gasteiger partial charge in [0.25, 0.3) is 0 Å². The highest BCUT2D eigenvalue weighted by Gasteiger charge is 2.21. The number of aliphatic hydroxyl groups is 1. The molecule has 0 aliphatic heterocycles. The van der Waals surface area contributed by atoms with Crippen molar-refractivity contribution < 1.29 is 9.90 Å². The minimum Gasteiger partial charge on any atom is -0.395 e. The smallest absolute Gasteiger partial charge is 0.227 e. The quantitative estimate of drug-likeness (QED) is 0.838. The van der Waals surface area contributed by atoms with E-state index in [1.807, 2.05) is 25.1 Å². The van der Waals surface area contributed by atoms with Crippen molar-refractivity contribution in [2.75, 3.05) is 11.9 Å². The van der Waals surface area contributed by atoms with Gasteiger partial charge in [0.1, 0.15) is 0 Å². The third kappa shape index (κ3) is 4.61. The predicted molar refractivity (Wildman–Crippen MR) is 85.0 cm³/mol. The van der Waals surface area contributed by atoms with Crippen LogP contribution in [0.2, 0.25) is 0 Å². The van der Waals surface area contributed by atoms with Gasteiger partial charge < -0.3 is 10.4 Å². The van der Waals surface area contributed by atoms with Gasteiger partial charge in [0.05, 0.1) is 12.3 Å². The number of aryl methyl sites for hydroxylation is 1. The molecule has 3 nitrogen and oxygen atoms in total. The maximum atomic E-state index is 12.3. The Morgan fingerprint density at radius 1 is 1.33 bits per heavy atom. The van der Waals surface area contributed by atoms with Gasteiger partial charge in [-0.1, -0.05) is 37.2 Å². The molecule has 1 saturated carbocycles. The second kappa shape index (κ2) is 7.85. The van der Waals surface area contributed by atoms with E-state index in [-0.39, 0.29) is 18.4 Å². The molecule has 2 rings (SSSR count). The molecule has 1 amide bonds. The van der Waals surface area contributed by atoms with Gasteiger partial charge in [0.2, 0.25) is 5.91 Å². The van der Waals surface area contributed by atoms with Crippen LogP contribution in [-0.2, 0) is 4.79 Å². The SMILES string of the molecule is Cc1ccc(NC(=O)C2CCCCC2)c(C#CCCO)c1. The fraction of sp³-hybridized carbons (Fsp3) is 0.500. The van der Waals surface area contributed by atoms with Gasteiger partial charge in [-0.15, -0.1) is 0 Å². The molecule has 0 radical (unpaired) electrons. The summed E-state index contributed by atoms with van der Waals surface area (Å²) < 4.78 is 0. The Labute approximate surface area is 126 Å². The van der Waals surface area contributed by atoms with Crippen molar-refractivity contribution in [1.29, 1.82) is 0 Å². The Hall–Kier alpha value is -1.79. The average molecular weight is 285 g/mol. The highest BCUT2D eigenvalue weighted by molar-refractivity contribution is 5.94. The van der Waals surface area contributed by atoms with Crippen LogP contribution >= 0.6 is 0 Å². The van der Waals surface area contributed by atoms with Crippen molar-refractivity contribution in [2.24, 2.45) is 5.92 Å². The molecule has 1 aromatic rings. The summed E-state index contributed by atoms with van der Waals surface area (Å²) >= 11 is 0. The summed E-state index contributed by atoms with van der Waals surface area (Å²) in [5.41, 5.74) is 2.72. The number of rotatable bonds is 3. The fourth-order valence-corrected chi connectivity index (χ4v) is 2.68. The first-order chi connectivity index (χ1) is 10.2. The zero-order valence-corrected chi connectivity index (χ0v) is 12.6. The molecule has 112 valence electrons. The molecule has 0 heterocycles. The summed E-state index contributed by atoms with van der Waals surface area (Å²) in [5.74, 6) is 6.21. The summed E-state index contributed by atoms with van der Waals surface area (Å²) in [4.78, 5) is 12.3. The number of carbonyl (C=O) groups is 1. The summed E-state index contributed by atoms with van der Waals surface area (Å²) in [6.07, 6.45) is 5.97. The van der Waals surface area contributed by atoms with Crippen LogP contribution < -0.4 is 5.32 Å². The molecule has 21 heavy (non-hydrogen) atoms. The van der Waals surface area contributed by atoms with E-state index in [4.69, 9.17) is 5.11 Å². The monoisotopic (exact) mass is 285 g/mol. The zero-order chi connectivity index (χ0) is 15.1.